The predicted molar refractivity (Wildman–Crippen MR) is 98.4 cm³/mol. The summed E-state index contributed by atoms with van der Waals surface area (Å²) in [5.74, 6) is 6.75. The minimum absolute atomic E-state index is 0.184. The Bertz CT molecular complexity index is 693. The first-order chi connectivity index (χ1) is 12.3. The number of benzene rings is 1. The molecule has 0 spiro atoms. The van der Waals surface area contributed by atoms with Crippen molar-refractivity contribution in [2.75, 3.05) is 45.8 Å². The van der Waals surface area contributed by atoms with Crippen LogP contribution in [0.5, 0.6) is 0 Å². The van der Waals surface area contributed by atoms with E-state index in [4.69, 9.17) is 0 Å². The van der Waals surface area contributed by atoms with Crippen LogP contribution in [0, 0.1) is 11.8 Å². The van der Waals surface area contributed by atoms with Gasteiger partial charge in [-0.25, -0.2) is 0 Å². The van der Waals surface area contributed by atoms with Gasteiger partial charge in [-0.05, 0) is 43.1 Å². The molecule has 3 aliphatic heterocycles. The summed E-state index contributed by atoms with van der Waals surface area (Å²) in [5, 5.41) is 6.76. The molecule has 25 heavy (non-hydrogen) atoms. The Morgan fingerprint density at radius 1 is 1.16 bits per heavy atom. The molecule has 3 heterocycles. The first-order valence-electron chi connectivity index (χ1n) is 9.38. The molecule has 2 saturated heterocycles. The predicted octanol–water partition coefficient (Wildman–Crippen LogP) is 0.651. The number of rotatable bonds is 2. The Labute approximate surface area is 149 Å². The number of hydrogen-bond donors (Lipinski definition) is 2. The molecule has 2 fully saturated rings. The summed E-state index contributed by atoms with van der Waals surface area (Å²) in [6.45, 7) is 7.76. The van der Waals surface area contributed by atoms with Crippen LogP contribution in [-0.2, 0) is 6.54 Å². The standard InChI is InChI=1S/C20H26N4O/c25-20-19-6-5-16(3-2-10-23-11-8-21-9-12-23)13-17(19)15-24(20)18-4-1-7-22-14-18/h5-6,13,18,21-22H,1,4,7-12,14-15H2. The van der Waals surface area contributed by atoms with Gasteiger partial charge in [0.25, 0.3) is 5.91 Å². The maximum Gasteiger partial charge on any atom is 0.254 e. The maximum absolute atomic E-state index is 12.7. The van der Waals surface area contributed by atoms with Gasteiger partial charge in [-0.1, -0.05) is 11.8 Å². The van der Waals surface area contributed by atoms with Crippen molar-refractivity contribution in [3.05, 3.63) is 34.9 Å². The fraction of sp³-hybridized carbons (Fsp3) is 0.550. The molecule has 1 unspecified atom stereocenters. The van der Waals surface area contributed by atoms with Gasteiger partial charge in [-0.3, -0.25) is 9.69 Å². The van der Waals surface area contributed by atoms with Crippen molar-refractivity contribution in [2.45, 2.75) is 25.4 Å². The number of carbonyl (C=O) groups is 1. The summed E-state index contributed by atoms with van der Waals surface area (Å²) in [4.78, 5) is 17.1. The van der Waals surface area contributed by atoms with Gasteiger partial charge in [-0.2, -0.15) is 0 Å². The van der Waals surface area contributed by atoms with Crippen LogP contribution >= 0.6 is 0 Å². The molecule has 3 aliphatic rings. The smallest absolute Gasteiger partial charge is 0.254 e. The van der Waals surface area contributed by atoms with E-state index in [9.17, 15) is 4.79 Å². The minimum Gasteiger partial charge on any atom is -0.330 e. The van der Waals surface area contributed by atoms with Crippen LogP contribution in [0.15, 0.2) is 18.2 Å². The Hall–Kier alpha value is -1.87. The third-order valence-corrected chi connectivity index (χ3v) is 5.39. The second-order valence-electron chi connectivity index (χ2n) is 7.13. The van der Waals surface area contributed by atoms with Gasteiger partial charge >= 0.3 is 0 Å². The SMILES string of the molecule is O=C1c2ccc(C#CCN3CCNCC3)cc2CN1C1CCCNC1. The molecule has 1 amide bonds. The summed E-state index contributed by atoms with van der Waals surface area (Å²) in [7, 11) is 0. The van der Waals surface area contributed by atoms with Crippen molar-refractivity contribution in [1.82, 2.24) is 20.4 Å². The van der Waals surface area contributed by atoms with Gasteiger partial charge in [-0.15, -0.1) is 0 Å². The normalized spacial score (nSPS) is 23.9. The second-order valence-corrected chi connectivity index (χ2v) is 7.13. The average molecular weight is 338 g/mol. The van der Waals surface area contributed by atoms with Gasteiger partial charge in [0.05, 0.1) is 6.54 Å². The lowest BCUT2D eigenvalue weighted by molar-refractivity contribution is 0.0674. The van der Waals surface area contributed by atoms with E-state index in [0.29, 0.717) is 6.04 Å². The van der Waals surface area contributed by atoms with Crippen LogP contribution in [0.3, 0.4) is 0 Å². The molecule has 1 aromatic rings. The van der Waals surface area contributed by atoms with Gasteiger partial charge in [0.1, 0.15) is 0 Å². The average Bonchev–Trinajstić information content (AvgIpc) is 2.99. The van der Waals surface area contributed by atoms with E-state index in [1.807, 2.05) is 17.0 Å². The van der Waals surface area contributed by atoms with E-state index in [1.165, 1.54) is 0 Å². The highest BCUT2D eigenvalue weighted by Gasteiger charge is 2.33. The summed E-state index contributed by atoms with van der Waals surface area (Å²) >= 11 is 0. The molecule has 1 aromatic carbocycles. The zero-order valence-corrected chi connectivity index (χ0v) is 14.7. The highest BCUT2D eigenvalue weighted by Crippen LogP contribution is 2.27. The summed E-state index contributed by atoms with van der Waals surface area (Å²) in [6.07, 6.45) is 2.25. The Morgan fingerprint density at radius 3 is 2.84 bits per heavy atom. The molecule has 2 N–H and O–H groups in total. The van der Waals surface area contributed by atoms with Crippen LogP contribution in [0.2, 0.25) is 0 Å². The van der Waals surface area contributed by atoms with Crippen LogP contribution in [0.1, 0.15) is 34.3 Å². The summed E-state index contributed by atoms with van der Waals surface area (Å²) in [5.41, 5.74) is 3.01. The van der Waals surface area contributed by atoms with Gasteiger partial charge in [0.15, 0.2) is 0 Å². The number of piperidine rings is 1. The summed E-state index contributed by atoms with van der Waals surface area (Å²) in [6, 6.07) is 6.39. The zero-order chi connectivity index (χ0) is 17.1. The van der Waals surface area contributed by atoms with E-state index in [1.54, 1.807) is 0 Å². The van der Waals surface area contributed by atoms with Gasteiger partial charge in [0, 0.05) is 56.4 Å². The number of carbonyl (C=O) groups excluding carboxylic acids is 1. The lowest BCUT2D eigenvalue weighted by atomic mass is 10.1. The zero-order valence-electron chi connectivity index (χ0n) is 14.7. The number of piperazine rings is 1. The van der Waals surface area contributed by atoms with Crippen LogP contribution < -0.4 is 10.6 Å². The number of fused-ring (bicyclic) bond motifs is 1. The molecule has 1 atom stereocenters. The Morgan fingerprint density at radius 2 is 2.04 bits per heavy atom. The molecule has 132 valence electrons. The lowest BCUT2D eigenvalue weighted by Gasteiger charge is -2.31. The third-order valence-electron chi connectivity index (χ3n) is 5.39. The second kappa shape index (κ2) is 7.57. The fourth-order valence-electron chi connectivity index (χ4n) is 3.94. The minimum atomic E-state index is 0.184. The molecule has 5 heteroatoms. The molecule has 0 saturated carbocycles. The van der Waals surface area contributed by atoms with Gasteiger partial charge < -0.3 is 15.5 Å². The topological polar surface area (TPSA) is 47.6 Å². The Balaban J connectivity index is 1.42. The maximum atomic E-state index is 12.7. The molecule has 0 aromatic heterocycles. The Kier molecular flexibility index (Phi) is 5.02. The van der Waals surface area contributed by atoms with E-state index in [2.05, 4.69) is 33.4 Å². The van der Waals surface area contributed by atoms with Crippen LogP contribution in [0.4, 0.5) is 0 Å². The van der Waals surface area contributed by atoms with E-state index in [-0.39, 0.29) is 5.91 Å². The van der Waals surface area contributed by atoms with Crippen LogP contribution in [0.25, 0.3) is 0 Å². The largest absolute Gasteiger partial charge is 0.330 e. The molecular formula is C20H26N4O. The summed E-state index contributed by atoms with van der Waals surface area (Å²) < 4.78 is 0. The lowest BCUT2D eigenvalue weighted by Crippen LogP contribution is -2.46. The van der Waals surface area contributed by atoms with Crippen molar-refractivity contribution in [2.24, 2.45) is 0 Å². The quantitative estimate of drug-likeness (QED) is 0.778. The first-order valence-corrected chi connectivity index (χ1v) is 9.38. The van der Waals surface area contributed by atoms with Gasteiger partial charge in [0.2, 0.25) is 0 Å². The third kappa shape index (κ3) is 3.72. The molecule has 0 radical (unpaired) electrons. The molecule has 4 rings (SSSR count). The van der Waals surface area contributed by atoms with Crippen LogP contribution in [-0.4, -0.2) is 67.6 Å². The van der Waals surface area contributed by atoms with Crippen molar-refractivity contribution < 1.29 is 4.79 Å². The van der Waals surface area contributed by atoms with Crippen molar-refractivity contribution in [1.29, 1.82) is 0 Å². The highest BCUT2D eigenvalue weighted by atomic mass is 16.2. The molecule has 0 bridgehead atoms. The number of hydrogen-bond acceptors (Lipinski definition) is 4. The number of amides is 1. The van der Waals surface area contributed by atoms with E-state index >= 15 is 0 Å². The molecule has 0 aliphatic carbocycles. The monoisotopic (exact) mass is 338 g/mol. The van der Waals surface area contributed by atoms with Crippen molar-refractivity contribution in [3.8, 4) is 11.8 Å². The number of nitrogens with one attached hydrogen (secondary N) is 2. The number of nitrogens with zero attached hydrogens (tertiary/aromatic N) is 2. The molecular weight excluding hydrogens is 312 g/mol. The van der Waals surface area contributed by atoms with Crippen molar-refractivity contribution in [3.63, 3.8) is 0 Å². The van der Waals surface area contributed by atoms with E-state index < -0.39 is 0 Å². The molecule has 5 nitrogen and oxygen atoms in total. The van der Waals surface area contributed by atoms with E-state index in [0.717, 1.165) is 81.9 Å². The highest BCUT2D eigenvalue weighted by molar-refractivity contribution is 5.98. The fourth-order valence-corrected chi connectivity index (χ4v) is 3.94. The van der Waals surface area contributed by atoms with Crippen molar-refractivity contribution >= 4 is 5.91 Å². The first kappa shape index (κ1) is 16.6.